The molecule has 2 rings (SSSR count). The highest BCUT2D eigenvalue weighted by Gasteiger charge is 2.42. The molecule has 6 heteroatoms. The molecule has 0 amide bonds. The van der Waals surface area contributed by atoms with Crippen LogP contribution >= 0.6 is 11.6 Å². The van der Waals surface area contributed by atoms with E-state index in [1.54, 1.807) is 25.3 Å². The van der Waals surface area contributed by atoms with Crippen molar-refractivity contribution in [3.05, 3.63) is 63.4 Å². The van der Waals surface area contributed by atoms with Crippen LogP contribution in [0.25, 0.3) is 0 Å². The number of ether oxygens (including phenoxy) is 3. The van der Waals surface area contributed by atoms with Crippen molar-refractivity contribution in [2.24, 2.45) is 11.3 Å². The minimum Gasteiger partial charge on any atom is -0.500 e. The van der Waals surface area contributed by atoms with Crippen LogP contribution in [-0.2, 0) is 14.3 Å². The minimum atomic E-state index is -0.608. The standard InChI is InChI=1S/C26H33ClO5/c1-15-22(24(29)32-25(3,4)5)16(2)26(6,7)19(23(15)31-9)12-13-20(28)18-11-10-17(27)14-21(18)30-8/h10-14,19H,1-9H3. The molecule has 0 fully saturated rings. The third-order valence-corrected chi connectivity index (χ3v) is 6.07. The second-order valence-electron chi connectivity index (χ2n) is 9.46. The minimum absolute atomic E-state index is 0.206. The summed E-state index contributed by atoms with van der Waals surface area (Å²) in [4.78, 5) is 25.9. The lowest BCUT2D eigenvalue weighted by Gasteiger charge is -2.40. The average molecular weight is 461 g/mol. The molecule has 0 bridgehead atoms. The fraction of sp³-hybridized carbons (Fsp3) is 0.462. The molecule has 1 aliphatic carbocycles. The molecule has 1 aliphatic rings. The Balaban J connectivity index is 2.48. The Morgan fingerprint density at radius 1 is 1.09 bits per heavy atom. The van der Waals surface area contributed by atoms with E-state index in [1.165, 1.54) is 13.2 Å². The van der Waals surface area contributed by atoms with Crippen LogP contribution in [0.1, 0.15) is 58.8 Å². The Morgan fingerprint density at radius 3 is 2.25 bits per heavy atom. The lowest BCUT2D eigenvalue weighted by Crippen LogP contribution is -2.35. The summed E-state index contributed by atoms with van der Waals surface area (Å²) in [7, 11) is 3.07. The van der Waals surface area contributed by atoms with Gasteiger partial charge in [-0.05, 0) is 64.3 Å². The topological polar surface area (TPSA) is 61.8 Å². The maximum atomic E-state index is 13.0. The van der Waals surface area contributed by atoms with Gasteiger partial charge in [0.2, 0.25) is 0 Å². The molecule has 0 spiro atoms. The molecule has 1 aromatic carbocycles. The molecule has 0 heterocycles. The first-order valence-corrected chi connectivity index (χ1v) is 10.9. The van der Waals surface area contributed by atoms with Gasteiger partial charge >= 0.3 is 5.97 Å². The van der Waals surface area contributed by atoms with E-state index in [2.05, 4.69) is 0 Å². The van der Waals surface area contributed by atoms with E-state index in [0.29, 0.717) is 33.2 Å². The number of benzene rings is 1. The van der Waals surface area contributed by atoms with Gasteiger partial charge in [-0.2, -0.15) is 0 Å². The van der Waals surface area contributed by atoms with E-state index in [4.69, 9.17) is 25.8 Å². The van der Waals surface area contributed by atoms with Gasteiger partial charge in [-0.25, -0.2) is 4.79 Å². The van der Waals surface area contributed by atoms with E-state index in [-0.39, 0.29) is 17.7 Å². The first-order valence-electron chi connectivity index (χ1n) is 10.5. The van der Waals surface area contributed by atoms with E-state index < -0.39 is 11.0 Å². The molecule has 0 saturated carbocycles. The fourth-order valence-corrected chi connectivity index (χ4v) is 4.07. The zero-order chi connectivity index (χ0) is 24.4. The Morgan fingerprint density at radius 2 is 1.72 bits per heavy atom. The Kier molecular flexibility index (Phi) is 7.67. The van der Waals surface area contributed by atoms with Crippen LogP contribution in [0.2, 0.25) is 5.02 Å². The monoisotopic (exact) mass is 460 g/mol. The van der Waals surface area contributed by atoms with Crippen molar-refractivity contribution in [2.45, 2.75) is 54.1 Å². The number of carbonyl (C=O) groups is 2. The molecule has 1 aromatic rings. The van der Waals surface area contributed by atoms with Crippen molar-refractivity contribution >= 4 is 23.4 Å². The molecule has 174 valence electrons. The van der Waals surface area contributed by atoms with Gasteiger partial charge in [0.1, 0.15) is 17.1 Å². The van der Waals surface area contributed by atoms with E-state index >= 15 is 0 Å². The maximum absolute atomic E-state index is 13.0. The first kappa shape index (κ1) is 25.7. The zero-order valence-electron chi connectivity index (χ0n) is 20.4. The Labute approximate surface area is 196 Å². The summed E-state index contributed by atoms with van der Waals surface area (Å²) in [5.41, 5.74) is 1.45. The van der Waals surface area contributed by atoms with Gasteiger partial charge < -0.3 is 14.2 Å². The number of halogens is 1. The normalized spacial score (nSPS) is 18.8. The lowest BCUT2D eigenvalue weighted by molar-refractivity contribution is -0.149. The lowest BCUT2D eigenvalue weighted by atomic mass is 9.66. The van der Waals surface area contributed by atoms with Crippen LogP contribution in [0.3, 0.4) is 0 Å². The highest BCUT2D eigenvalue weighted by atomic mass is 35.5. The van der Waals surface area contributed by atoms with Crippen LogP contribution < -0.4 is 4.74 Å². The van der Waals surface area contributed by atoms with Crippen molar-refractivity contribution in [1.82, 2.24) is 0 Å². The number of methoxy groups -OCH3 is 2. The molecule has 5 nitrogen and oxygen atoms in total. The van der Waals surface area contributed by atoms with Gasteiger partial charge in [-0.3, -0.25) is 4.79 Å². The molecule has 0 N–H and O–H groups in total. The number of hydrogen-bond donors (Lipinski definition) is 0. The number of carbonyl (C=O) groups excluding carboxylic acids is 2. The summed E-state index contributed by atoms with van der Waals surface area (Å²) >= 11 is 6.01. The van der Waals surface area contributed by atoms with Crippen LogP contribution in [0.5, 0.6) is 5.75 Å². The zero-order valence-corrected chi connectivity index (χ0v) is 21.1. The molecule has 1 atom stereocenters. The predicted molar refractivity (Wildman–Crippen MR) is 127 cm³/mol. The SMILES string of the molecule is COC1=C(C)C(C(=O)OC(C)(C)C)=C(C)C(C)(C)C1C=CC(=O)c1ccc(Cl)cc1OC. The number of allylic oxidation sites excluding steroid dienone is 3. The number of rotatable bonds is 6. The highest BCUT2D eigenvalue weighted by Crippen LogP contribution is 2.48. The van der Waals surface area contributed by atoms with Gasteiger partial charge in [0.15, 0.2) is 5.78 Å². The van der Waals surface area contributed by atoms with E-state index in [1.807, 2.05) is 54.5 Å². The van der Waals surface area contributed by atoms with Crippen molar-refractivity contribution in [2.75, 3.05) is 14.2 Å². The molecule has 0 aliphatic heterocycles. The van der Waals surface area contributed by atoms with Gasteiger partial charge in [0, 0.05) is 16.5 Å². The third-order valence-electron chi connectivity index (χ3n) is 5.84. The molecule has 1 unspecified atom stereocenters. The number of hydrogen-bond acceptors (Lipinski definition) is 5. The molecular formula is C26H33ClO5. The van der Waals surface area contributed by atoms with Gasteiger partial charge in [-0.15, -0.1) is 0 Å². The van der Waals surface area contributed by atoms with Crippen LogP contribution in [-0.4, -0.2) is 31.6 Å². The largest absolute Gasteiger partial charge is 0.500 e. The third kappa shape index (κ3) is 5.26. The fourth-order valence-electron chi connectivity index (χ4n) is 3.91. The predicted octanol–water partition coefficient (Wildman–Crippen LogP) is 6.32. The summed E-state index contributed by atoms with van der Waals surface area (Å²) in [6.45, 7) is 13.4. The van der Waals surface area contributed by atoms with Crippen molar-refractivity contribution in [3.63, 3.8) is 0 Å². The van der Waals surface area contributed by atoms with Crippen LogP contribution in [0.4, 0.5) is 0 Å². The number of ketones is 1. The van der Waals surface area contributed by atoms with Gasteiger partial charge in [-0.1, -0.05) is 37.1 Å². The summed E-state index contributed by atoms with van der Waals surface area (Å²) < 4.78 is 16.7. The summed E-state index contributed by atoms with van der Waals surface area (Å²) in [6.07, 6.45) is 3.35. The average Bonchev–Trinajstić information content (AvgIpc) is 2.68. The first-order chi connectivity index (χ1) is 14.7. The molecule has 32 heavy (non-hydrogen) atoms. The van der Waals surface area contributed by atoms with E-state index in [9.17, 15) is 9.59 Å². The van der Waals surface area contributed by atoms with Crippen LogP contribution in [0, 0.1) is 11.3 Å². The van der Waals surface area contributed by atoms with Crippen LogP contribution in [0.15, 0.2) is 52.8 Å². The quantitative estimate of drug-likeness (QED) is 0.282. The number of esters is 1. The molecule has 0 saturated heterocycles. The Bertz CT molecular complexity index is 1010. The second-order valence-corrected chi connectivity index (χ2v) is 9.90. The summed E-state index contributed by atoms with van der Waals surface area (Å²) in [5.74, 6) is 0.216. The molecule has 0 radical (unpaired) electrons. The van der Waals surface area contributed by atoms with Gasteiger partial charge in [0.25, 0.3) is 0 Å². The molecular weight excluding hydrogens is 428 g/mol. The summed E-state index contributed by atoms with van der Waals surface area (Å²) in [5, 5.41) is 0.492. The summed E-state index contributed by atoms with van der Waals surface area (Å²) in [6, 6.07) is 4.90. The second kappa shape index (κ2) is 9.53. The highest BCUT2D eigenvalue weighted by molar-refractivity contribution is 6.31. The molecule has 0 aromatic heterocycles. The van der Waals surface area contributed by atoms with Crippen molar-refractivity contribution < 1.29 is 23.8 Å². The van der Waals surface area contributed by atoms with Crippen molar-refractivity contribution in [3.8, 4) is 5.75 Å². The Hall–Kier alpha value is -2.53. The van der Waals surface area contributed by atoms with Crippen molar-refractivity contribution in [1.29, 1.82) is 0 Å². The van der Waals surface area contributed by atoms with E-state index in [0.717, 1.165) is 5.57 Å². The smallest absolute Gasteiger partial charge is 0.339 e. The maximum Gasteiger partial charge on any atom is 0.339 e. The van der Waals surface area contributed by atoms with Gasteiger partial charge in [0.05, 0.1) is 25.4 Å².